The van der Waals surface area contributed by atoms with Crippen LogP contribution >= 0.6 is 0 Å². The number of alkyl halides is 1. The zero-order chi connectivity index (χ0) is 14.2. The first-order valence-corrected chi connectivity index (χ1v) is 6.58. The minimum Gasteiger partial charge on any atom is -0.459 e. The minimum absolute atomic E-state index is 0.209. The van der Waals surface area contributed by atoms with E-state index in [0.29, 0.717) is 12.8 Å². The van der Waals surface area contributed by atoms with Crippen LogP contribution in [0.5, 0.6) is 0 Å². The second-order valence-corrected chi connectivity index (χ2v) is 6.82. The topological polar surface area (TPSA) is 46.5 Å². The molecule has 1 fully saturated rings. The number of carbonyl (C=O) groups excluding carboxylic acids is 1. The van der Waals surface area contributed by atoms with Gasteiger partial charge in [0, 0.05) is 0 Å². The summed E-state index contributed by atoms with van der Waals surface area (Å²) >= 11 is 0. The molecular formula is C14H25FO3. The van der Waals surface area contributed by atoms with Gasteiger partial charge in [0.1, 0.15) is 11.3 Å². The van der Waals surface area contributed by atoms with Gasteiger partial charge in [0.25, 0.3) is 0 Å². The summed E-state index contributed by atoms with van der Waals surface area (Å²) < 4.78 is 20.2. The highest BCUT2D eigenvalue weighted by molar-refractivity contribution is 5.78. The maximum absolute atomic E-state index is 14.9. The minimum atomic E-state index is -1.59. The molecule has 0 radical (unpaired) electrons. The number of rotatable bonds is 2. The quantitative estimate of drug-likeness (QED) is 0.776. The monoisotopic (exact) mass is 260 g/mol. The van der Waals surface area contributed by atoms with E-state index in [0.717, 1.165) is 0 Å². The number of halogens is 1. The summed E-state index contributed by atoms with van der Waals surface area (Å²) in [7, 11) is 0. The first-order valence-electron chi connectivity index (χ1n) is 6.58. The fourth-order valence-corrected chi connectivity index (χ4v) is 2.27. The molecule has 0 heterocycles. The molecule has 1 N–H and O–H groups in total. The van der Waals surface area contributed by atoms with E-state index >= 15 is 0 Å². The normalized spacial score (nSPS) is 30.1. The predicted octanol–water partition coefficient (Wildman–Crippen LogP) is 3.00. The van der Waals surface area contributed by atoms with Crippen LogP contribution in [0.25, 0.3) is 0 Å². The highest BCUT2D eigenvalue weighted by atomic mass is 19.1. The fourth-order valence-electron chi connectivity index (χ4n) is 2.27. The predicted molar refractivity (Wildman–Crippen MR) is 67.9 cm³/mol. The first-order chi connectivity index (χ1) is 7.98. The van der Waals surface area contributed by atoms with Crippen LogP contribution in [0.2, 0.25) is 0 Å². The molecule has 1 rings (SSSR count). The highest BCUT2D eigenvalue weighted by Gasteiger charge is 2.53. The van der Waals surface area contributed by atoms with Crippen LogP contribution in [-0.4, -0.2) is 28.4 Å². The van der Waals surface area contributed by atoms with Gasteiger partial charge in [0.05, 0.1) is 11.5 Å². The molecule has 0 amide bonds. The van der Waals surface area contributed by atoms with Crippen molar-refractivity contribution < 1.29 is 19.0 Å². The van der Waals surface area contributed by atoms with Gasteiger partial charge in [-0.15, -0.1) is 0 Å². The number of esters is 1. The summed E-state index contributed by atoms with van der Waals surface area (Å²) in [6, 6.07) is 0. The van der Waals surface area contributed by atoms with E-state index in [-0.39, 0.29) is 12.8 Å². The molecule has 18 heavy (non-hydrogen) atoms. The number of aliphatic hydroxyl groups is 1. The maximum atomic E-state index is 14.9. The van der Waals surface area contributed by atoms with Gasteiger partial charge < -0.3 is 9.84 Å². The van der Waals surface area contributed by atoms with Crippen molar-refractivity contribution in [2.24, 2.45) is 5.41 Å². The Morgan fingerprint density at radius 2 is 1.67 bits per heavy atom. The van der Waals surface area contributed by atoms with Gasteiger partial charge in [-0.3, -0.25) is 4.79 Å². The summed E-state index contributed by atoms with van der Waals surface area (Å²) in [6.45, 7) is 8.51. The Morgan fingerprint density at radius 1 is 1.22 bits per heavy atom. The molecule has 0 bridgehead atoms. The molecule has 0 spiro atoms. The van der Waals surface area contributed by atoms with Crippen molar-refractivity contribution in [3.63, 3.8) is 0 Å². The van der Waals surface area contributed by atoms with Crippen molar-refractivity contribution in [3.8, 4) is 0 Å². The van der Waals surface area contributed by atoms with Crippen molar-refractivity contribution in [2.75, 3.05) is 0 Å². The molecule has 4 heteroatoms. The molecule has 0 aliphatic heterocycles. The van der Waals surface area contributed by atoms with Gasteiger partial charge in [-0.2, -0.15) is 0 Å². The number of hydrogen-bond donors (Lipinski definition) is 1. The number of hydrogen-bond acceptors (Lipinski definition) is 3. The lowest BCUT2D eigenvalue weighted by molar-refractivity contribution is -0.179. The van der Waals surface area contributed by atoms with E-state index in [2.05, 4.69) is 0 Å². The van der Waals surface area contributed by atoms with Crippen molar-refractivity contribution in [3.05, 3.63) is 0 Å². The van der Waals surface area contributed by atoms with Crippen LogP contribution in [0.4, 0.5) is 4.39 Å². The van der Waals surface area contributed by atoms with Crippen LogP contribution in [-0.2, 0) is 9.53 Å². The van der Waals surface area contributed by atoms with E-state index in [1.807, 2.05) is 0 Å². The number of aliphatic hydroxyl groups excluding tert-OH is 1. The summed E-state index contributed by atoms with van der Waals surface area (Å²) in [4.78, 5) is 12.1. The molecule has 3 nitrogen and oxygen atoms in total. The highest BCUT2D eigenvalue weighted by Crippen LogP contribution is 2.46. The zero-order valence-corrected chi connectivity index (χ0v) is 12.0. The van der Waals surface area contributed by atoms with Crippen molar-refractivity contribution in [1.29, 1.82) is 0 Å². The Morgan fingerprint density at radius 3 is 2.06 bits per heavy atom. The molecule has 106 valence electrons. The molecule has 0 unspecified atom stereocenters. The van der Waals surface area contributed by atoms with Gasteiger partial charge in [-0.25, -0.2) is 4.39 Å². The molecule has 0 saturated heterocycles. The summed E-state index contributed by atoms with van der Waals surface area (Å²) in [5.41, 5.74) is -3.38. The largest absolute Gasteiger partial charge is 0.459 e. The van der Waals surface area contributed by atoms with E-state index < -0.39 is 28.8 Å². The van der Waals surface area contributed by atoms with Crippen molar-refractivity contribution in [2.45, 2.75) is 77.7 Å². The molecule has 1 aliphatic rings. The molecule has 0 aromatic rings. The Kier molecular flexibility index (Phi) is 4.11. The standard InChI is InChI=1S/C14H25FO3/c1-12(2,3)18-11(17)13(4,5)14(15)8-6-10(16)7-9-14/h10,16H,6-9H2,1-5H3/t10-,14+. The van der Waals surface area contributed by atoms with Gasteiger partial charge >= 0.3 is 5.97 Å². The average molecular weight is 260 g/mol. The molecule has 1 aliphatic carbocycles. The van der Waals surface area contributed by atoms with Crippen LogP contribution in [0.1, 0.15) is 60.3 Å². The van der Waals surface area contributed by atoms with E-state index in [4.69, 9.17) is 4.74 Å². The number of carbonyl (C=O) groups is 1. The van der Waals surface area contributed by atoms with Gasteiger partial charge in [-0.1, -0.05) is 0 Å². The van der Waals surface area contributed by atoms with E-state index in [1.54, 1.807) is 34.6 Å². The number of ether oxygens (including phenoxy) is 1. The summed E-state index contributed by atoms with van der Waals surface area (Å²) in [6.07, 6.45) is 0.787. The Bertz CT molecular complexity index is 309. The molecule has 0 aromatic carbocycles. The molecule has 0 atom stereocenters. The van der Waals surface area contributed by atoms with Crippen LogP contribution in [0.15, 0.2) is 0 Å². The third kappa shape index (κ3) is 3.22. The molecule has 0 aromatic heterocycles. The second kappa shape index (κ2) is 4.80. The summed E-state index contributed by atoms with van der Waals surface area (Å²) in [5.74, 6) is -0.506. The SMILES string of the molecule is CC(C)(C)OC(=O)C(C)(C)[C@]1(F)CC[C@@H](O)CC1. The Balaban J connectivity index is 2.81. The van der Waals surface area contributed by atoms with Crippen LogP contribution in [0, 0.1) is 5.41 Å². The third-order valence-electron chi connectivity index (χ3n) is 3.78. The van der Waals surface area contributed by atoms with Gasteiger partial charge in [-0.05, 0) is 60.3 Å². The van der Waals surface area contributed by atoms with Crippen molar-refractivity contribution in [1.82, 2.24) is 0 Å². The fraction of sp³-hybridized carbons (Fsp3) is 0.929. The smallest absolute Gasteiger partial charge is 0.315 e. The lowest BCUT2D eigenvalue weighted by atomic mass is 9.68. The van der Waals surface area contributed by atoms with Gasteiger partial charge in [0.2, 0.25) is 0 Å². The molecular weight excluding hydrogens is 235 g/mol. The second-order valence-electron chi connectivity index (χ2n) is 6.82. The van der Waals surface area contributed by atoms with Crippen LogP contribution < -0.4 is 0 Å². The van der Waals surface area contributed by atoms with E-state index in [9.17, 15) is 14.3 Å². The lowest BCUT2D eigenvalue weighted by Gasteiger charge is -2.43. The lowest BCUT2D eigenvalue weighted by Crippen LogP contribution is -2.51. The zero-order valence-electron chi connectivity index (χ0n) is 12.0. The average Bonchev–Trinajstić information content (AvgIpc) is 2.20. The summed E-state index contributed by atoms with van der Waals surface area (Å²) in [5, 5.41) is 9.45. The van der Waals surface area contributed by atoms with E-state index in [1.165, 1.54) is 0 Å². The van der Waals surface area contributed by atoms with Gasteiger partial charge in [0.15, 0.2) is 0 Å². The van der Waals surface area contributed by atoms with Crippen molar-refractivity contribution >= 4 is 5.97 Å². The third-order valence-corrected chi connectivity index (χ3v) is 3.78. The maximum Gasteiger partial charge on any atom is 0.315 e. The Labute approximate surface area is 109 Å². The molecule has 1 saturated carbocycles. The Hall–Kier alpha value is -0.640. The first kappa shape index (κ1) is 15.4. The van der Waals surface area contributed by atoms with Crippen LogP contribution in [0.3, 0.4) is 0 Å².